The summed E-state index contributed by atoms with van der Waals surface area (Å²) in [6.07, 6.45) is 3.77. The van der Waals surface area contributed by atoms with Gasteiger partial charge in [0.2, 0.25) is 5.75 Å². The van der Waals surface area contributed by atoms with E-state index >= 15 is 0 Å². The average molecular weight is 408 g/mol. The maximum atomic E-state index is 12.8. The summed E-state index contributed by atoms with van der Waals surface area (Å²) in [5, 5.41) is 2.97. The summed E-state index contributed by atoms with van der Waals surface area (Å²) in [5.74, 6) is 0.969. The minimum Gasteiger partial charge on any atom is -0.490 e. The molecule has 0 heterocycles. The fourth-order valence-electron chi connectivity index (χ4n) is 3.76. The largest absolute Gasteiger partial charge is 0.490 e. The van der Waals surface area contributed by atoms with E-state index in [4.69, 9.17) is 18.9 Å². The molecule has 1 saturated carbocycles. The van der Waals surface area contributed by atoms with E-state index in [9.17, 15) is 9.59 Å². The van der Waals surface area contributed by atoms with Crippen molar-refractivity contribution in [1.82, 2.24) is 5.32 Å². The van der Waals surface area contributed by atoms with Crippen molar-refractivity contribution in [2.45, 2.75) is 46.5 Å². The topological polar surface area (TPSA) is 83.1 Å². The highest BCUT2D eigenvalue weighted by Crippen LogP contribution is 2.39. The van der Waals surface area contributed by atoms with Crippen LogP contribution in [0.4, 0.5) is 0 Å². The van der Waals surface area contributed by atoms with Gasteiger partial charge in [-0.2, -0.15) is 0 Å². The molecule has 2 rings (SSSR count). The Morgan fingerprint density at radius 1 is 0.966 bits per heavy atom. The summed E-state index contributed by atoms with van der Waals surface area (Å²) >= 11 is 0. The van der Waals surface area contributed by atoms with Crippen LogP contribution in [0.3, 0.4) is 0 Å². The van der Waals surface area contributed by atoms with Gasteiger partial charge in [-0.3, -0.25) is 9.59 Å². The SMILES string of the molecule is CCOc1cc(C(=O)NCC2CCCCC2C(=O)OC)cc(OCC)c1OCC. The van der Waals surface area contributed by atoms with Crippen LogP contribution in [-0.4, -0.2) is 45.4 Å². The highest BCUT2D eigenvalue weighted by atomic mass is 16.5. The van der Waals surface area contributed by atoms with Gasteiger partial charge in [-0.1, -0.05) is 12.8 Å². The average Bonchev–Trinajstić information content (AvgIpc) is 2.74. The van der Waals surface area contributed by atoms with Gasteiger partial charge in [0.05, 0.1) is 32.8 Å². The first-order valence-corrected chi connectivity index (χ1v) is 10.5. The quantitative estimate of drug-likeness (QED) is 0.597. The van der Waals surface area contributed by atoms with Crippen molar-refractivity contribution in [1.29, 1.82) is 0 Å². The zero-order valence-corrected chi connectivity index (χ0v) is 17.9. The lowest BCUT2D eigenvalue weighted by Crippen LogP contribution is -2.37. The van der Waals surface area contributed by atoms with Crippen LogP contribution < -0.4 is 19.5 Å². The van der Waals surface area contributed by atoms with E-state index < -0.39 is 0 Å². The lowest BCUT2D eigenvalue weighted by Gasteiger charge is -2.29. The van der Waals surface area contributed by atoms with E-state index in [2.05, 4.69) is 5.32 Å². The Hall–Kier alpha value is -2.44. The molecule has 1 N–H and O–H groups in total. The van der Waals surface area contributed by atoms with Crippen LogP contribution in [0, 0.1) is 11.8 Å². The van der Waals surface area contributed by atoms with Gasteiger partial charge in [-0.25, -0.2) is 0 Å². The van der Waals surface area contributed by atoms with E-state index in [1.54, 1.807) is 12.1 Å². The zero-order valence-electron chi connectivity index (χ0n) is 17.9. The van der Waals surface area contributed by atoms with E-state index in [-0.39, 0.29) is 23.7 Å². The molecule has 1 aliphatic carbocycles. The minimum atomic E-state index is -0.232. The maximum absolute atomic E-state index is 12.8. The predicted molar refractivity (Wildman–Crippen MR) is 110 cm³/mol. The van der Waals surface area contributed by atoms with Gasteiger partial charge in [0, 0.05) is 12.1 Å². The minimum absolute atomic E-state index is 0.0839. The van der Waals surface area contributed by atoms with Crippen molar-refractivity contribution in [3.05, 3.63) is 17.7 Å². The number of hydrogen-bond acceptors (Lipinski definition) is 6. The smallest absolute Gasteiger partial charge is 0.309 e. The molecule has 0 saturated heterocycles. The lowest BCUT2D eigenvalue weighted by molar-refractivity contribution is -0.148. The first-order valence-electron chi connectivity index (χ1n) is 10.5. The Kier molecular flexibility index (Phi) is 9.09. The molecule has 7 heteroatoms. The van der Waals surface area contributed by atoms with E-state index in [0.717, 1.165) is 25.7 Å². The third-order valence-corrected chi connectivity index (χ3v) is 5.11. The predicted octanol–water partition coefficient (Wildman–Crippen LogP) is 3.59. The first-order chi connectivity index (χ1) is 14.0. The Labute approximate surface area is 173 Å². The molecular formula is C22H33NO6. The molecule has 7 nitrogen and oxygen atoms in total. The third-order valence-electron chi connectivity index (χ3n) is 5.11. The van der Waals surface area contributed by atoms with Gasteiger partial charge >= 0.3 is 5.97 Å². The molecule has 2 unspecified atom stereocenters. The van der Waals surface area contributed by atoms with E-state index in [0.29, 0.717) is 49.2 Å². The van der Waals surface area contributed by atoms with Crippen molar-refractivity contribution < 1.29 is 28.5 Å². The van der Waals surface area contributed by atoms with Crippen molar-refractivity contribution in [3.63, 3.8) is 0 Å². The molecule has 29 heavy (non-hydrogen) atoms. The molecule has 1 aromatic carbocycles. The van der Waals surface area contributed by atoms with E-state index in [1.807, 2.05) is 20.8 Å². The summed E-state index contributed by atoms with van der Waals surface area (Å²) in [7, 11) is 1.41. The van der Waals surface area contributed by atoms with Crippen LogP contribution in [-0.2, 0) is 9.53 Å². The number of carbonyl (C=O) groups is 2. The highest BCUT2D eigenvalue weighted by Gasteiger charge is 2.32. The van der Waals surface area contributed by atoms with Crippen LogP contribution in [0.5, 0.6) is 17.2 Å². The molecule has 0 radical (unpaired) electrons. The second kappa shape index (κ2) is 11.5. The molecule has 0 aliphatic heterocycles. The summed E-state index contributed by atoms with van der Waals surface area (Å²) in [6.45, 7) is 7.41. The monoisotopic (exact) mass is 407 g/mol. The summed E-state index contributed by atoms with van der Waals surface area (Å²) in [4.78, 5) is 24.9. The Morgan fingerprint density at radius 2 is 1.55 bits per heavy atom. The Morgan fingerprint density at radius 3 is 2.10 bits per heavy atom. The molecule has 2 atom stereocenters. The summed E-state index contributed by atoms with van der Waals surface area (Å²) in [5.41, 5.74) is 0.436. The number of amides is 1. The summed E-state index contributed by atoms with van der Waals surface area (Å²) < 4.78 is 22.0. The number of methoxy groups -OCH3 is 1. The molecule has 1 amide bonds. The van der Waals surface area contributed by atoms with Gasteiger partial charge < -0.3 is 24.3 Å². The first kappa shape index (κ1) is 22.8. The number of hydrogen-bond donors (Lipinski definition) is 1. The number of esters is 1. The standard InChI is InChI=1S/C22H33NO6/c1-5-27-18-12-16(13-19(28-6-2)20(18)29-7-3)21(24)23-14-15-10-8-9-11-17(15)22(25)26-4/h12-13,15,17H,5-11,14H2,1-4H3,(H,23,24). The van der Waals surface area contributed by atoms with Crippen LogP contribution in [0.15, 0.2) is 12.1 Å². The Bertz CT molecular complexity index is 663. The second-order valence-corrected chi connectivity index (χ2v) is 6.98. The number of carbonyl (C=O) groups excluding carboxylic acids is 2. The van der Waals surface area contributed by atoms with Crippen LogP contribution in [0.1, 0.15) is 56.8 Å². The van der Waals surface area contributed by atoms with E-state index in [1.165, 1.54) is 7.11 Å². The number of rotatable bonds is 10. The molecule has 1 aromatic rings. The molecule has 162 valence electrons. The fourth-order valence-corrected chi connectivity index (χ4v) is 3.76. The summed E-state index contributed by atoms with van der Waals surface area (Å²) in [6, 6.07) is 3.34. The second-order valence-electron chi connectivity index (χ2n) is 6.98. The maximum Gasteiger partial charge on any atom is 0.309 e. The van der Waals surface area contributed by atoms with Gasteiger partial charge in [-0.05, 0) is 51.7 Å². The molecule has 0 aromatic heterocycles. The van der Waals surface area contributed by atoms with Gasteiger partial charge in [0.25, 0.3) is 5.91 Å². The normalized spacial score (nSPS) is 18.6. The highest BCUT2D eigenvalue weighted by molar-refractivity contribution is 5.95. The molecular weight excluding hydrogens is 374 g/mol. The van der Waals surface area contributed by atoms with Crippen molar-refractivity contribution in [2.75, 3.05) is 33.5 Å². The fraction of sp³-hybridized carbons (Fsp3) is 0.636. The lowest BCUT2D eigenvalue weighted by atomic mass is 9.79. The number of ether oxygens (including phenoxy) is 4. The third kappa shape index (κ3) is 6.02. The van der Waals surface area contributed by atoms with Crippen LogP contribution >= 0.6 is 0 Å². The molecule has 0 spiro atoms. The number of nitrogens with one attached hydrogen (secondary N) is 1. The molecule has 0 bridgehead atoms. The van der Waals surface area contributed by atoms with Crippen molar-refractivity contribution in [3.8, 4) is 17.2 Å². The van der Waals surface area contributed by atoms with Gasteiger partial charge in [0.15, 0.2) is 11.5 Å². The molecule has 1 aliphatic rings. The van der Waals surface area contributed by atoms with Crippen LogP contribution in [0.2, 0.25) is 0 Å². The van der Waals surface area contributed by atoms with Crippen LogP contribution in [0.25, 0.3) is 0 Å². The molecule has 1 fully saturated rings. The van der Waals surface area contributed by atoms with Crippen molar-refractivity contribution >= 4 is 11.9 Å². The number of benzene rings is 1. The van der Waals surface area contributed by atoms with Crippen molar-refractivity contribution in [2.24, 2.45) is 11.8 Å². The zero-order chi connectivity index (χ0) is 21.2. The van der Waals surface area contributed by atoms with Gasteiger partial charge in [-0.15, -0.1) is 0 Å². The van der Waals surface area contributed by atoms with Gasteiger partial charge in [0.1, 0.15) is 0 Å². The Balaban J connectivity index is 2.17.